The van der Waals surface area contributed by atoms with E-state index < -0.39 is 0 Å². The van der Waals surface area contributed by atoms with Gasteiger partial charge in [-0.2, -0.15) is 0 Å². The molecule has 1 amide bonds. The van der Waals surface area contributed by atoms with Crippen LogP contribution >= 0.6 is 11.6 Å². The topological polar surface area (TPSA) is 63.1 Å². The number of halogens is 1. The molecule has 0 saturated carbocycles. The van der Waals surface area contributed by atoms with Crippen LogP contribution in [0.4, 0.5) is 0 Å². The van der Waals surface area contributed by atoms with Crippen LogP contribution in [0.5, 0.6) is 0 Å². The third kappa shape index (κ3) is 3.38. The maximum atomic E-state index is 12.4. The van der Waals surface area contributed by atoms with E-state index in [9.17, 15) is 4.79 Å². The molecule has 1 fully saturated rings. The van der Waals surface area contributed by atoms with E-state index in [1.54, 1.807) is 10.7 Å². The lowest BCUT2D eigenvalue weighted by Gasteiger charge is -2.11. The van der Waals surface area contributed by atoms with Gasteiger partial charge >= 0.3 is 0 Å². The highest BCUT2D eigenvalue weighted by Crippen LogP contribution is 2.21. The van der Waals surface area contributed by atoms with Crippen LogP contribution in [0.3, 0.4) is 0 Å². The summed E-state index contributed by atoms with van der Waals surface area (Å²) >= 11 is 6.19. The summed E-state index contributed by atoms with van der Waals surface area (Å²) in [5.74, 6) is 0.318. The molecule has 23 heavy (non-hydrogen) atoms. The van der Waals surface area contributed by atoms with Crippen LogP contribution in [0.25, 0.3) is 5.69 Å². The molecule has 7 heteroatoms. The fourth-order valence-electron chi connectivity index (χ4n) is 2.90. The molecule has 1 aliphatic rings. The number of likely N-dealkylation sites (tertiary alicyclic amines) is 1. The average Bonchev–Trinajstić information content (AvgIpc) is 3.12. The lowest BCUT2D eigenvalue weighted by molar-refractivity contribution is 0.0942. The van der Waals surface area contributed by atoms with Crippen molar-refractivity contribution in [1.82, 2.24) is 25.2 Å². The van der Waals surface area contributed by atoms with E-state index in [0.717, 1.165) is 25.2 Å². The van der Waals surface area contributed by atoms with Crippen molar-refractivity contribution in [2.75, 3.05) is 26.7 Å². The van der Waals surface area contributed by atoms with Gasteiger partial charge in [-0.05, 0) is 45.0 Å². The van der Waals surface area contributed by atoms with Crippen LogP contribution < -0.4 is 5.32 Å². The van der Waals surface area contributed by atoms with Gasteiger partial charge in [0.25, 0.3) is 5.91 Å². The summed E-state index contributed by atoms with van der Waals surface area (Å²) in [6.07, 6.45) is 1.11. The van der Waals surface area contributed by atoms with Crippen LogP contribution in [0.15, 0.2) is 24.3 Å². The van der Waals surface area contributed by atoms with E-state index in [1.807, 2.05) is 25.1 Å². The number of hydrogen-bond donors (Lipinski definition) is 1. The van der Waals surface area contributed by atoms with E-state index >= 15 is 0 Å². The number of benzene rings is 1. The van der Waals surface area contributed by atoms with Crippen LogP contribution in [0.1, 0.15) is 22.6 Å². The van der Waals surface area contributed by atoms with Crippen molar-refractivity contribution in [3.8, 4) is 5.69 Å². The molecule has 0 bridgehead atoms. The molecule has 6 nitrogen and oxygen atoms in total. The van der Waals surface area contributed by atoms with Crippen molar-refractivity contribution in [3.63, 3.8) is 0 Å². The van der Waals surface area contributed by atoms with Crippen molar-refractivity contribution in [1.29, 1.82) is 0 Å². The zero-order valence-electron chi connectivity index (χ0n) is 13.3. The molecule has 122 valence electrons. The summed E-state index contributed by atoms with van der Waals surface area (Å²) in [4.78, 5) is 14.6. The van der Waals surface area contributed by atoms with Crippen LogP contribution in [0.2, 0.25) is 5.02 Å². The minimum absolute atomic E-state index is 0.185. The highest BCUT2D eigenvalue weighted by Gasteiger charge is 2.22. The summed E-state index contributed by atoms with van der Waals surface area (Å²) in [5.41, 5.74) is 1.74. The van der Waals surface area contributed by atoms with E-state index in [2.05, 4.69) is 27.6 Å². The number of para-hydroxylation sites is 1. The van der Waals surface area contributed by atoms with Crippen LogP contribution in [-0.2, 0) is 0 Å². The molecule has 0 spiro atoms. The van der Waals surface area contributed by atoms with Crippen LogP contribution in [0, 0.1) is 12.8 Å². The number of aromatic nitrogens is 3. The Labute approximate surface area is 140 Å². The Balaban J connectivity index is 1.71. The fraction of sp³-hybridized carbons (Fsp3) is 0.438. The summed E-state index contributed by atoms with van der Waals surface area (Å²) in [6.45, 7) is 4.59. The fourth-order valence-corrected chi connectivity index (χ4v) is 3.12. The molecule has 2 aromatic rings. The van der Waals surface area contributed by atoms with Crippen molar-refractivity contribution in [2.45, 2.75) is 13.3 Å². The predicted octanol–water partition coefficient (Wildman–Crippen LogP) is 1.91. The summed E-state index contributed by atoms with van der Waals surface area (Å²) in [6, 6.07) is 7.36. The third-order valence-electron chi connectivity index (χ3n) is 4.23. The molecule has 1 N–H and O–H groups in total. The van der Waals surface area contributed by atoms with Gasteiger partial charge in [0.05, 0.1) is 16.4 Å². The molecular weight excluding hydrogens is 314 g/mol. The third-order valence-corrected chi connectivity index (χ3v) is 4.55. The quantitative estimate of drug-likeness (QED) is 0.928. The molecule has 1 aromatic heterocycles. The molecule has 0 radical (unpaired) electrons. The second kappa shape index (κ2) is 6.68. The Morgan fingerprint density at radius 1 is 1.43 bits per heavy atom. The Bertz CT molecular complexity index is 714. The van der Waals surface area contributed by atoms with Gasteiger partial charge in [-0.1, -0.05) is 28.9 Å². The molecule has 1 saturated heterocycles. The number of hydrogen-bond acceptors (Lipinski definition) is 4. The predicted molar refractivity (Wildman–Crippen MR) is 89.0 cm³/mol. The van der Waals surface area contributed by atoms with E-state index in [1.165, 1.54) is 0 Å². The van der Waals surface area contributed by atoms with E-state index in [4.69, 9.17) is 11.6 Å². The molecule has 2 heterocycles. The van der Waals surface area contributed by atoms with Crippen LogP contribution in [-0.4, -0.2) is 52.5 Å². The largest absolute Gasteiger partial charge is 0.350 e. The molecular formula is C16H20ClN5O. The van der Waals surface area contributed by atoms with Gasteiger partial charge in [-0.15, -0.1) is 5.10 Å². The van der Waals surface area contributed by atoms with Gasteiger partial charge in [-0.25, -0.2) is 4.68 Å². The van der Waals surface area contributed by atoms with Gasteiger partial charge < -0.3 is 10.2 Å². The first kappa shape index (κ1) is 16.0. The van der Waals surface area contributed by atoms with Gasteiger partial charge in [0, 0.05) is 13.1 Å². The number of amides is 1. The number of carbonyl (C=O) groups is 1. The maximum Gasteiger partial charge on any atom is 0.273 e. The SMILES string of the molecule is Cc1c(C(=O)NCC2CCN(C)C2)nnn1-c1ccccc1Cl. The monoisotopic (exact) mass is 333 g/mol. The van der Waals surface area contributed by atoms with Gasteiger partial charge in [-0.3, -0.25) is 4.79 Å². The molecule has 1 aliphatic heterocycles. The Hall–Kier alpha value is -1.92. The van der Waals surface area contributed by atoms with Gasteiger partial charge in [0.2, 0.25) is 0 Å². The van der Waals surface area contributed by atoms with Crippen molar-refractivity contribution in [3.05, 3.63) is 40.7 Å². The smallest absolute Gasteiger partial charge is 0.273 e. The highest BCUT2D eigenvalue weighted by molar-refractivity contribution is 6.32. The number of nitrogens with one attached hydrogen (secondary N) is 1. The van der Waals surface area contributed by atoms with Crippen molar-refractivity contribution < 1.29 is 4.79 Å². The van der Waals surface area contributed by atoms with Gasteiger partial charge in [0.1, 0.15) is 0 Å². The average molecular weight is 334 g/mol. The first-order valence-electron chi connectivity index (χ1n) is 7.70. The number of nitrogens with zero attached hydrogens (tertiary/aromatic N) is 4. The van der Waals surface area contributed by atoms with E-state index in [-0.39, 0.29) is 5.91 Å². The summed E-state index contributed by atoms with van der Waals surface area (Å²) in [5, 5.41) is 11.6. The maximum absolute atomic E-state index is 12.4. The highest BCUT2D eigenvalue weighted by atomic mass is 35.5. The van der Waals surface area contributed by atoms with Crippen molar-refractivity contribution in [2.24, 2.45) is 5.92 Å². The molecule has 1 aromatic carbocycles. The van der Waals surface area contributed by atoms with Crippen molar-refractivity contribution >= 4 is 17.5 Å². The number of carbonyl (C=O) groups excluding carboxylic acids is 1. The summed E-state index contributed by atoms with van der Waals surface area (Å²) in [7, 11) is 2.10. The molecule has 1 unspecified atom stereocenters. The van der Waals surface area contributed by atoms with E-state index in [0.29, 0.717) is 28.9 Å². The molecule has 0 aliphatic carbocycles. The lowest BCUT2D eigenvalue weighted by atomic mass is 10.1. The molecule has 3 rings (SSSR count). The Morgan fingerprint density at radius 3 is 2.91 bits per heavy atom. The Kier molecular flexibility index (Phi) is 4.63. The zero-order chi connectivity index (χ0) is 16.4. The second-order valence-corrected chi connectivity index (χ2v) is 6.42. The minimum atomic E-state index is -0.185. The minimum Gasteiger partial charge on any atom is -0.350 e. The first-order valence-corrected chi connectivity index (χ1v) is 8.08. The molecule has 1 atom stereocenters. The lowest BCUT2D eigenvalue weighted by Crippen LogP contribution is -2.31. The normalized spacial score (nSPS) is 18.3. The van der Waals surface area contributed by atoms with Gasteiger partial charge in [0.15, 0.2) is 5.69 Å². The summed E-state index contributed by atoms with van der Waals surface area (Å²) < 4.78 is 1.60. The zero-order valence-corrected chi connectivity index (χ0v) is 14.0. The second-order valence-electron chi connectivity index (χ2n) is 6.01. The Morgan fingerprint density at radius 2 is 2.22 bits per heavy atom. The first-order chi connectivity index (χ1) is 11.1. The number of rotatable bonds is 4. The standard InChI is InChI=1S/C16H20ClN5O/c1-11-15(16(23)18-9-12-7-8-21(2)10-12)19-20-22(11)14-6-4-3-5-13(14)17/h3-6,12H,7-10H2,1-2H3,(H,18,23).